The minimum atomic E-state index is -4.10. The van der Waals surface area contributed by atoms with Crippen LogP contribution in [0, 0.1) is 18.7 Å². The maximum Gasteiger partial charge on any atom is 0.265 e. The lowest BCUT2D eigenvalue weighted by molar-refractivity contribution is -0.117. The summed E-state index contributed by atoms with van der Waals surface area (Å²) in [7, 11) is -2.72. The zero-order chi connectivity index (χ0) is 25.2. The first-order valence-electron chi connectivity index (χ1n) is 11.1. The van der Waals surface area contributed by atoms with Gasteiger partial charge in [0.05, 0.1) is 28.4 Å². The molecule has 1 aromatic heterocycles. The summed E-state index contributed by atoms with van der Waals surface area (Å²) in [4.78, 5) is 17.5. The molecule has 35 heavy (non-hydrogen) atoms. The SMILES string of the molecule is COc1ccc(-c2sc(NC(=O)CC3CCCC3)nc2C)cc1S(=O)(=O)Nc1ccc(F)c(Cl)c1. The number of hydrogen-bond acceptors (Lipinski definition) is 6. The molecule has 186 valence electrons. The molecule has 1 aliphatic carbocycles. The fourth-order valence-electron chi connectivity index (χ4n) is 4.16. The number of amides is 1. The van der Waals surface area contributed by atoms with Crippen molar-refractivity contribution in [2.24, 2.45) is 5.92 Å². The number of carbonyl (C=O) groups is 1. The maximum atomic E-state index is 13.5. The largest absolute Gasteiger partial charge is 0.495 e. The molecule has 2 aromatic carbocycles. The number of aryl methyl sites for hydroxylation is 1. The Hall–Kier alpha value is -2.69. The van der Waals surface area contributed by atoms with Crippen molar-refractivity contribution in [3.63, 3.8) is 0 Å². The van der Waals surface area contributed by atoms with Gasteiger partial charge in [0, 0.05) is 6.42 Å². The number of nitrogens with zero attached hydrogens (tertiary/aromatic N) is 1. The van der Waals surface area contributed by atoms with Gasteiger partial charge in [-0.25, -0.2) is 17.8 Å². The number of thiazole rings is 1. The fourth-order valence-corrected chi connectivity index (χ4v) is 6.57. The minimum absolute atomic E-state index is 0.0580. The third-order valence-corrected chi connectivity index (χ3v) is 8.69. The first kappa shape index (κ1) is 25.4. The second-order valence-corrected chi connectivity index (χ2v) is 11.5. The first-order valence-corrected chi connectivity index (χ1v) is 13.8. The number of carbonyl (C=O) groups excluding carboxylic acids is 1. The molecule has 1 fully saturated rings. The van der Waals surface area contributed by atoms with Crippen LogP contribution in [0.25, 0.3) is 10.4 Å². The van der Waals surface area contributed by atoms with Crippen molar-refractivity contribution in [2.75, 3.05) is 17.1 Å². The lowest BCUT2D eigenvalue weighted by Gasteiger charge is -2.13. The molecule has 0 radical (unpaired) electrons. The Balaban J connectivity index is 1.59. The molecule has 2 N–H and O–H groups in total. The van der Waals surface area contributed by atoms with Crippen molar-refractivity contribution >= 4 is 49.7 Å². The van der Waals surface area contributed by atoms with Crippen LogP contribution in [0.4, 0.5) is 15.2 Å². The van der Waals surface area contributed by atoms with Crippen LogP contribution in [0.2, 0.25) is 5.02 Å². The summed E-state index contributed by atoms with van der Waals surface area (Å²) in [5.41, 5.74) is 1.39. The zero-order valence-corrected chi connectivity index (χ0v) is 21.6. The highest BCUT2D eigenvalue weighted by atomic mass is 35.5. The number of methoxy groups -OCH3 is 1. The Morgan fingerprint density at radius 3 is 2.66 bits per heavy atom. The summed E-state index contributed by atoms with van der Waals surface area (Å²) >= 11 is 7.07. The van der Waals surface area contributed by atoms with Crippen LogP contribution in [-0.4, -0.2) is 26.4 Å². The number of rotatable bonds is 8. The number of sulfonamides is 1. The molecule has 0 saturated heterocycles. The zero-order valence-electron chi connectivity index (χ0n) is 19.2. The lowest BCUT2D eigenvalue weighted by atomic mass is 10.0. The van der Waals surface area contributed by atoms with E-state index in [1.54, 1.807) is 19.1 Å². The van der Waals surface area contributed by atoms with Gasteiger partial charge in [0.2, 0.25) is 5.91 Å². The van der Waals surface area contributed by atoms with Gasteiger partial charge in [-0.15, -0.1) is 0 Å². The van der Waals surface area contributed by atoms with E-state index in [1.807, 2.05) is 0 Å². The van der Waals surface area contributed by atoms with Crippen molar-refractivity contribution in [3.05, 3.63) is 52.9 Å². The number of halogens is 2. The quantitative estimate of drug-likeness (QED) is 0.354. The van der Waals surface area contributed by atoms with E-state index in [1.165, 1.54) is 49.5 Å². The third-order valence-electron chi connectivity index (χ3n) is 5.88. The molecular weight excluding hydrogens is 513 g/mol. The van der Waals surface area contributed by atoms with E-state index in [9.17, 15) is 17.6 Å². The van der Waals surface area contributed by atoms with E-state index in [2.05, 4.69) is 15.0 Å². The van der Waals surface area contributed by atoms with E-state index in [-0.39, 0.29) is 27.3 Å². The number of benzene rings is 2. The van der Waals surface area contributed by atoms with Crippen LogP contribution in [0.15, 0.2) is 41.3 Å². The summed E-state index contributed by atoms with van der Waals surface area (Å²) < 4.78 is 47.5. The topological polar surface area (TPSA) is 97.4 Å². The number of aromatic nitrogens is 1. The van der Waals surface area contributed by atoms with Crippen LogP contribution in [0.5, 0.6) is 5.75 Å². The molecule has 1 heterocycles. The van der Waals surface area contributed by atoms with Crippen molar-refractivity contribution in [2.45, 2.75) is 43.9 Å². The maximum absolute atomic E-state index is 13.5. The van der Waals surface area contributed by atoms with Crippen LogP contribution < -0.4 is 14.8 Å². The van der Waals surface area contributed by atoms with E-state index in [0.717, 1.165) is 23.8 Å². The molecule has 0 atom stereocenters. The second-order valence-electron chi connectivity index (χ2n) is 8.44. The minimum Gasteiger partial charge on any atom is -0.495 e. The Morgan fingerprint density at radius 1 is 1.23 bits per heavy atom. The number of ether oxygens (including phenoxy) is 1. The number of hydrogen-bond donors (Lipinski definition) is 2. The first-order chi connectivity index (χ1) is 16.7. The summed E-state index contributed by atoms with van der Waals surface area (Å²) in [5.74, 6) is -0.145. The predicted octanol–water partition coefficient (Wildman–Crippen LogP) is 6.24. The highest BCUT2D eigenvalue weighted by Gasteiger charge is 2.23. The lowest BCUT2D eigenvalue weighted by Crippen LogP contribution is -2.14. The van der Waals surface area contributed by atoms with Crippen molar-refractivity contribution < 1.29 is 22.3 Å². The van der Waals surface area contributed by atoms with Gasteiger partial charge >= 0.3 is 0 Å². The van der Waals surface area contributed by atoms with Gasteiger partial charge in [-0.1, -0.05) is 35.8 Å². The standard InChI is InChI=1S/C24H25ClFN3O4S2/c1-14-23(34-24(27-14)28-22(30)11-15-5-3-4-6-15)16-7-10-20(33-2)21(12-16)35(31,32)29-17-8-9-19(26)18(25)13-17/h7-10,12-13,15,29H,3-6,11H2,1-2H3,(H,27,28,30). The second kappa shape index (κ2) is 10.5. The van der Waals surface area contributed by atoms with Gasteiger partial charge in [-0.05, 0) is 67.6 Å². The average molecular weight is 538 g/mol. The molecule has 1 aliphatic rings. The summed E-state index contributed by atoms with van der Waals surface area (Å²) in [6, 6.07) is 8.33. The van der Waals surface area contributed by atoms with Crippen molar-refractivity contribution in [3.8, 4) is 16.2 Å². The van der Waals surface area contributed by atoms with Crippen LogP contribution >= 0.6 is 22.9 Å². The Bertz CT molecular complexity index is 1350. The molecule has 0 spiro atoms. The predicted molar refractivity (Wildman–Crippen MR) is 136 cm³/mol. The molecule has 4 rings (SSSR count). The Labute approximate surface area is 212 Å². The van der Waals surface area contributed by atoms with E-state index < -0.39 is 15.8 Å². The molecule has 3 aromatic rings. The van der Waals surface area contributed by atoms with Gasteiger partial charge in [0.1, 0.15) is 16.5 Å². The normalized spacial score (nSPS) is 14.2. The molecular formula is C24H25ClFN3O4S2. The highest BCUT2D eigenvalue weighted by Crippen LogP contribution is 2.37. The average Bonchev–Trinajstić information content (AvgIpc) is 3.45. The van der Waals surface area contributed by atoms with Crippen LogP contribution in [0.1, 0.15) is 37.8 Å². The highest BCUT2D eigenvalue weighted by molar-refractivity contribution is 7.92. The van der Waals surface area contributed by atoms with Gasteiger partial charge in [-0.3, -0.25) is 9.52 Å². The molecule has 7 nitrogen and oxygen atoms in total. The van der Waals surface area contributed by atoms with Crippen molar-refractivity contribution in [1.29, 1.82) is 0 Å². The van der Waals surface area contributed by atoms with E-state index in [4.69, 9.17) is 16.3 Å². The number of anilines is 2. The monoisotopic (exact) mass is 537 g/mol. The molecule has 0 unspecified atom stereocenters. The molecule has 1 saturated carbocycles. The summed E-state index contributed by atoms with van der Waals surface area (Å²) in [6.45, 7) is 1.80. The van der Waals surface area contributed by atoms with Gasteiger partial charge in [0.15, 0.2) is 5.13 Å². The van der Waals surface area contributed by atoms with E-state index >= 15 is 0 Å². The fraction of sp³-hybridized carbons (Fsp3) is 0.333. The van der Waals surface area contributed by atoms with Crippen LogP contribution in [0.3, 0.4) is 0 Å². The Morgan fingerprint density at radius 2 is 1.97 bits per heavy atom. The number of nitrogens with one attached hydrogen (secondary N) is 2. The smallest absolute Gasteiger partial charge is 0.265 e. The summed E-state index contributed by atoms with van der Waals surface area (Å²) in [6.07, 6.45) is 4.99. The van der Waals surface area contributed by atoms with Gasteiger partial charge < -0.3 is 10.1 Å². The summed E-state index contributed by atoms with van der Waals surface area (Å²) in [5, 5.41) is 3.15. The molecule has 11 heteroatoms. The van der Waals surface area contributed by atoms with Gasteiger partial charge in [0.25, 0.3) is 10.0 Å². The van der Waals surface area contributed by atoms with Crippen LogP contribution in [-0.2, 0) is 14.8 Å². The van der Waals surface area contributed by atoms with Crippen molar-refractivity contribution in [1.82, 2.24) is 4.98 Å². The van der Waals surface area contributed by atoms with E-state index in [0.29, 0.717) is 28.7 Å². The molecule has 0 bridgehead atoms. The molecule has 1 amide bonds. The molecule has 0 aliphatic heterocycles. The van der Waals surface area contributed by atoms with Gasteiger partial charge in [-0.2, -0.15) is 0 Å². The Kier molecular flexibility index (Phi) is 7.63. The third kappa shape index (κ3) is 5.94.